The number of aryl methyl sites for hydroxylation is 1. The van der Waals surface area contributed by atoms with Crippen molar-refractivity contribution in [2.45, 2.75) is 13.5 Å². The quantitative estimate of drug-likeness (QED) is 0.461. The number of aromatic nitrogens is 6. The molecule has 0 saturated heterocycles. The second-order valence-corrected chi connectivity index (χ2v) is 7.09. The summed E-state index contributed by atoms with van der Waals surface area (Å²) in [6.07, 6.45) is 5.19. The Bertz CT molecular complexity index is 1420. The van der Waals surface area contributed by atoms with Crippen LogP contribution in [0.15, 0.2) is 65.8 Å². The van der Waals surface area contributed by atoms with E-state index in [1.807, 2.05) is 36.4 Å². The largest absolute Gasteiger partial charge is 0.310 e. The van der Waals surface area contributed by atoms with Crippen molar-refractivity contribution in [3.05, 3.63) is 87.8 Å². The van der Waals surface area contributed by atoms with Crippen LogP contribution in [0.25, 0.3) is 27.9 Å². The van der Waals surface area contributed by atoms with E-state index in [4.69, 9.17) is 11.6 Å². The molecule has 0 radical (unpaired) electrons. The van der Waals surface area contributed by atoms with Crippen molar-refractivity contribution in [2.75, 3.05) is 0 Å². The van der Waals surface area contributed by atoms with E-state index in [0.717, 1.165) is 5.56 Å². The van der Waals surface area contributed by atoms with Gasteiger partial charge in [-0.05, 0) is 30.7 Å². The highest BCUT2D eigenvalue weighted by atomic mass is 35.5. The molecule has 4 heterocycles. The van der Waals surface area contributed by atoms with Gasteiger partial charge < -0.3 is 4.57 Å². The zero-order valence-electron chi connectivity index (χ0n) is 15.5. The molecule has 4 aromatic heterocycles. The van der Waals surface area contributed by atoms with Crippen molar-refractivity contribution in [3.8, 4) is 11.3 Å². The Hall–Kier alpha value is -3.58. The zero-order valence-corrected chi connectivity index (χ0v) is 16.2. The van der Waals surface area contributed by atoms with E-state index in [0.29, 0.717) is 45.3 Å². The summed E-state index contributed by atoms with van der Waals surface area (Å²) in [5.74, 6) is 0.992. The number of rotatable bonds is 3. The number of hydrogen-bond acceptors (Lipinski definition) is 5. The van der Waals surface area contributed by atoms with Crippen molar-refractivity contribution in [1.29, 1.82) is 0 Å². The Morgan fingerprint density at radius 3 is 2.72 bits per heavy atom. The zero-order chi connectivity index (χ0) is 20.0. The lowest BCUT2D eigenvalue weighted by molar-refractivity contribution is 0.763. The third-order valence-electron chi connectivity index (χ3n) is 4.71. The maximum atomic E-state index is 13.5. The van der Waals surface area contributed by atoms with Crippen molar-refractivity contribution < 1.29 is 0 Å². The summed E-state index contributed by atoms with van der Waals surface area (Å²) in [5, 5.41) is 5.43. The normalized spacial score (nSPS) is 11.4. The molecule has 1 aromatic carbocycles. The average Bonchev–Trinajstić information content (AvgIpc) is 3.10. The van der Waals surface area contributed by atoms with E-state index in [1.54, 1.807) is 40.7 Å². The number of fused-ring (bicyclic) bond motifs is 2. The van der Waals surface area contributed by atoms with Gasteiger partial charge in [0.1, 0.15) is 5.82 Å². The Kier molecular flexibility index (Phi) is 4.10. The maximum absolute atomic E-state index is 13.5. The van der Waals surface area contributed by atoms with Crippen LogP contribution >= 0.6 is 11.6 Å². The molecule has 29 heavy (non-hydrogen) atoms. The fraction of sp³-hybridized carbons (Fsp3) is 0.0952. The van der Waals surface area contributed by atoms with E-state index < -0.39 is 0 Å². The first-order chi connectivity index (χ1) is 14.1. The van der Waals surface area contributed by atoms with Crippen molar-refractivity contribution in [1.82, 2.24) is 29.1 Å². The molecule has 142 valence electrons. The molecule has 0 bridgehead atoms. The van der Waals surface area contributed by atoms with Crippen LogP contribution in [-0.2, 0) is 6.54 Å². The van der Waals surface area contributed by atoms with Crippen LogP contribution in [-0.4, -0.2) is 29.1 Å². The van der Waals surface area contributed by atoms with Gasteiger partial charge >= 0.3 is 0 Å². The number of nitrogens with zero attached hydrogens (tertiary/aromatic N) is 6. The summed E-state index contributed by atoms with van der Waals surface area (Å²) in [6.45, 7) is 2.19. The Labute approximate surface area is 170 Å². The van der Waals surface area contributed by atoms with Gasteiger partial charge in [0.15, 0.2) is 0 Å². The fourth-order valence-electron chi connectivity index (χ4n) is 3.44. The van der Waals surface area contributed by atoms with Crippen molar-refractivity contribution >= 4 is 28.3 Å². The molecule has 0 unspecified atom stereocenters. The molecule has 7 nitrogen and oxygen atoms in total. The monoisotopic (exact) mass is 402 g/mol. The first-order valence-electron chi connectivity index (χ1n) is 9.02. The highest BCUT2D eigenvalue weighted by molar-refractivity contribution is 6.33. The lowest BCUT2D eigenvalue weighted by Crippen LogP contribution is -2.22. The third kappa shape index (κ3) is 2.96. The summed E-state index contributed by atoms with van der Waals surface area (Å²) in [4.78, 5) is 26.5. The molecule has 5 rings (SSSR count). The first kappa shape index (κ1) is 17.5. The van der Waals surface area contributed by atoms with Crippen LogP contribution in [0.4, 0.5) is 0 Å². The lowest BCUT2D eigenvalue weighted by atomic mass is 10.1. The van der Waals surface area contributed by atoms with Crippen molar-refractivity contribution in [2.24, 2.45) is 0 Å². The van der Waals surface area contributed by atoms with Crippen LogP contribution in [0.3, 0.4) is 0 Å². The number of benzene rings is 1. The highest BCUT2D eigenvalue weighted by Crippen LogP contribution is 2.31. The van der Waals surface area contributed by atoms with Crippen LogP contribution in [0, 0.1) is 6.92 Å². The summed E-state index contributed by atoms with van der Waals surface area (Å²) in [5.41, 5.74) is 2.59. The van der Waals surface area contributed by atoms with Gasteiger partial charge in [0.25, 0.3) is 11.3 Å². The summed E-state index contributed by atoms with van der Waals surface area (Å²) >= 11 is 6.49. The minimum Gasteiger partial charge on any atom is -0.310 e. The predicted molar refractivity (Wildman–Crippen MR) is 111 cm³/mol. The molecule has 0 aliphatic carbocycles. The fourth-order valence-corrected chi connectivity index (χ4v) is 3.66. The second kappa shape index (κ2) is 6.79. The topological polar surface area (TPSA) is 78.0 Å². The van der Waals surface area contributed by atoms with Gasteiger partial charge in [-0.3, -0.25) is 9.78 Å². The van der Waals surface area contributed by atoms with Crippen LogP contribution in [0.5, 0.6) is 0 Å². The average molecular weight is 403 g/mol. The molecule has 0 aliphatic heterocycles. The molecular formula is C21H15ClN6O. The van der Waals surface area contributed by atoms with Crippen LogP contribution in [0.2, 0.25) is 5.02 Å². The third-order valence-corrected chi connectivity index (χ3v) is 5.04. The molecule has 0 atom stereocenters. The van der Waals surface area contributed by atoms with E-state index >= 15 is 0 Å². The maximum Gasteiger partial charge on any atom is 0.262 e. The standard InChI is InChI=1S/C21H15ClN6O/c1-13-24-21-25-17-8-10-27(12-14-5-4-9-23-11-14)20(29)18(17)19(28(21)26-13)15-6-2-3-7-16(15)22/h2-11H,12H2,1H3. The molecule has 0 aliphatic rings. The summed E-state index contributed by atoms with van der Waals surface area (Å²) in [6, 6.07) is 13.0. The van der Waals surface area contributed by atoms with E-state index in [-0.39, 0.29) is 5.56 Å². The van der Waals surface area contributed by atoms with Gasteiger partial charge in [-0.1, -0.05) is 35.9 Å². The van der Waals surface area contributed by atoms with Gasteiger partial charge in [-0.2, -0.15) is 9.50 Å². The van der Waals surface area contributed by atoms with Gasteiger partial charge in [-0.25, -0.2) is 4.98 Å². The van der Waals surface area contributed by atoms with Crippen molar-refractivity contribution in [3.63, 3.8) is 0 Å². The first-order valence-corrected chi connectivity index (χ1v) is 9.40. The molecule has 0 spiro atoms. The summed E-state index contributed by atoms with van der Waals surface area (Å²) < 4.78 is 3.23. The highest BCUT2D eigenvalue weighted by Gasteiger charge is 2.19. The molecular weight excluding hydrogens is 388 g/mol. The molecule has 0 amide bonds. The molecule has 0 fully saturated rings. The van der Waals surface area contributed by atoms with E-state index in [9.17, 15) is 4.79 Å². The number of pyridine rings is 2. The molecule has 8 heteroatoms. The Morgan fingerprint density at radius 1 is 1.07 bits per heavy atom. The minimum absolute atomic E-state index is 0.177. The Balaban J connectivity index is 1.86. The Morgan fingerprint density at radius 2 is 1.93 bits per heavy atom. The second-order valence-electron chi connectivity index (χ2n) is 6.68. The van der Waals surface area contributed by atoms with Gasteiger partial charge in [-0.15, -0.1) is 5.10 Å². The lowest BCUT2D eigenvalue weighted by Gasteiger charge is -2.12. The van der Waals surface area contributed by atoms with Gasteiger partial charge in [0.05, 0.1) is 23.1 Å². The predicted octanol–water partition coefficient (Wildman–Crippen LogP) is 3.51. The van der Waals surface area contributed by atoms with E-state index in [2.05, 4.69) is 20.1 Å². The molecule has 5 aromatic rings. The smallest absolute Gasteiger partial charge is 0.262 e. The molecule has 0 N–H and O–H groups in total. The molecule has 0 saturated carbocycles. The van der Waals surface area contributed by atoms with Crippen LogP contribution in [0.1, 0.15) is 11.4 Å². The number of halogens is 1. The van der Waals surface area contributed by atoms with Gasteiger partial charge in [0, 0.05) is 29.2 Å². The van der Waals surface area contributed by atoms with E-state index in [1.165, 1.54) is 0 Å². The summed E-state index contributed by atoms with van der Waals surface area (Å²) in [7, 11) is 0. The SMILES string of the molecule is Cc1nc2nc3ccn(Cc4cccnc4)c(=O)c3c(-c3ccccc3Cl)n2n1. The minimum atomic E-state index is -0.177. The van der Waals surface area contributed by atoms with Crippen LogP contribution < -0.4 is 5.56 Å². The van der Waals surface area contributed by atoms with Gasteiger partial charge in [0.2, 0.25) is 0 Å². The number of hydrogen-bond donors (Lipinski definition) is 0.